The largest absolute Gasteiger partial charge is 0.370 e. The van der Waals surface area contributed by atoms with E-state index in [0.29, 0.717) is 19.6 Å². The number of rotatable bonds is 4. The van der Waals surface area contributed by atoms with Crippen LogP contribution in [0.1, 0.15) is 40.5 Å². The first-order valence-electron chi connectivity index (χ1n) is 9.31. The number of hydrogen-bond acceptors (Lipinski definition) is 4. The van der Waals surface area contributed by atoms with Gasteiger partial charge in [0.25, 0.3) is 0 Å². The number of carbonyl (C=O) groups excluding carboxylic acids is 1. The third-order valence-corrected chi connectivity index (χ3v) is 9.23. The molecule has 3 aliphatic heterocycles. The molecule has 0 radical (unpaired) electrons. The third kappa shape index (κ3) is 2.34. The summed E-state index contributed by atoms with van der Waals surface area (Å²) < 4.78 is 31.7. The maximum Gasteiger partial charge on any atom is 0.224 e. The first-order chi connectivity index (χ1) is 11.4. The van der Waals surface area contributed by atoms with E-state index in [2.05, 4.69) is 33.0 Å². The zero-order chi connectivity index (χ0) is 18.4. The van der Waals surface area contributed by atoms with Crippen LogP contribution in [0.25, 0.3) is 0 Å². The fraction of sp³-hybridized carbons (Fsp3) is 0.944. The van der Waals surface area contributed by atoms with Gasteiger partial charge in [-0.15, -0.1) is 0 Å². The van der Waals surface area contributed by atoms with Crippen molar-refractivity contribution in [3.8, 4) is 0 Å². The minimum atomic E-state index is -3.20. The molecule has 1 spiro atoms. The van der Waals surface area contributed by atoms with Crippen molar-refractivity contribution in [3.05, 3.63) is 0 Å². The highest BCUT2D eigenvalue weighted by molar-refractivity contribution is 7.88. The highest BCUT2D eigenvalue weighted by Crippen LogP contribution is 2.68. The zero-order valence-corrected chi connectivity index (χ0v) is 16.6. The van der Waals surface area contributed by atoms with Gasteiger partial charge in [-0.3, -0.25) is 4.79 Å². The van der Waals surface area contributed by atoms with Gasteiger partial charge in [0.2, 0.25) is 15.9 Å². The van der Waals surface area contributed by atoms with Gasteiger partial charge in [0, 0.05) is 37.4 Å². The average molecular weight is 371 g/mol. The van der Waals surface area contributed by atoms with Crippen LogP contribution in [0.15, 0.2) is 0 Å². The van der Waals surface area contributed by atoms with Crippen LogP contribution in [0.3, 0.4) is 0 Å². The van der Waals surface area contributed by atoms with Crippen LogP contribution in [0, 0.1) is 28.6 Å². The van der Waals surface area contributed by atoms with E-state index < -0.39 is 10.0 Å². The molecule has 6 nitrogen and oxygen atoms in total. The molecule has 1 N–H and O–H groups in total. The molecule has 3 saturated heterocycles. The van der Waals surface area contributed by atoms with Gasteiger partial charge in [0.05, 0.1) is 18.0 Å². The maximum atomic E-state index is 12.7. The molecule has 1 amide bonds. The molecule has 25 heavy (non-hydrogen) atoms. The molecular formula is C18H30N2O4S. The summed E-state index contributed by atoms with van der Waals surface area (Å²) in [5.41, 5.74) is -0.255. The Labute approximate surface area is 150 Å². The van der Waals surface area contributed by atoms with Crippen LogP contribution < -0.4 is 5.32 Å². The lowest BCUT2D eigenvalue weighted by Crippen LogP contribution is -2.42. The third-order valence-electron chi connectivity index (χ3n) is 8.02. The van der Waals surface area contributed by atoms with E-state index >= 15 is 0 Å². The molecule has 4 atom stereocenters. The number of sulfonamides is 1. The fourth-order valence-corrected chi connectivity index (χ4v) is 6.73. The Morgan fingerprint density at radius 3 is 2.44 bits per heavy atom. The van der Waals surface area contributed by atoms with Gasteiger partial charge in [-0.25, -0.2) is 8.42 Å². The number of ether oxygens (including phenoxy) is 1. The number of carbonyl (C=O) groups is 1. The number of hydrogen-bond donors (Lipinski definition) is 1. The molecule has 2 bridgehead atoms. The summed E-state index contributed by atoms with van der Waals surface area (Å²) in [6.45, 7) is 10.2. The molecule has 4 rings (SSSR count). The molecular weight excluding hydrogens is 340 g/mol. The molecule has 4 aliphatic rings. The molecule has 4 fully saturated rings. The Morgan fingerprint density at radius 1 is 1.24 bits per heavy atom. The highest BCUT2D eigenvalue weighted by atomic mass is 32.2. The molecule has 0 aromatic rings. The normalized spacial score (nSPS) is 41.7. The smallest absolute Gasteiger partial charge is 0.224 e. The first kappa shape index (κ1) is 17.7. The van der Waals surface area contributed by atoms with Gasteiger partial charge in [0.1, 0.15) is 0 Å². The van der Waals surface area contributed by atoms with Crippen molar-refractivity contribution in [3.63, 3.8) is 0 Å². The van der Waals surface area contributed by atoms with Crippen LogP contribution in [0.4, 0.5) is 0 Å². The summed E-state index contributed by atoms with van der Waals surface area (Å²) in [7, 11) is -3.20. The molecule has 7 heteroatoms. The van der Waals surface area contributed by atoms with Crippen molar-refractivity contribution in [2.75, 3.05) is 25.9 Å². The molecule has 142 valence electrons. The molecule has 0 aromatic heterocycles. The molecule has 1 saturated carbocycles. The average Bonchev–Trinajstić information content (AvgIpc) is 2.95. The molecule has 1 aliphatic carbocycles. The van der Waals surface area contributed by atoms with Gasteiger partial charge < -0.3 is 10.1 Å². The Kier molecular flexibility index (Phi) is 3.54. The first-order valence-corrected chi connectivity index (χ1v) is 11.2. The molecule has 0 unspecified atom stereocenters. The van der Waals surface area contributed by atoms with Crippen LogP contribution in [-0.4, -0.2) is 56.2 Å². The minimum Gasteiger partial charge on any atom is -0.370 e. The number of nitrogens with zero attached hydrogens (tertiary/aromatic N) is 1. The zero-order valence-electron chi connectivity index (χ0n) is 15.8. The van der Waals surface area contributed by atoms with E-state index in [0.717, 1.165) is 12.8 Å². The summed E-state index contributed by atoms with van der Waals surface area (Å²) in [6.07, 6.45) is 3.33. The predicted molar refractivity (Wildman–Crippen MR) is 94.3 cm³/mol. The lowest BCUT2D eigenvalue weighted by atomic mass is 9.73. The van der Waals surface area contributed by atoms with Crippen molar-refractivity contribution in [1.82, 2.24) is 9.62 Å². The van der Waals surface area contributed by atoms with Crippen LogP contribution in [0.2, 0.25) is 0 Å². The van der Waals surface area contributed by atoms with E-state index in [1.807, 2.05) is 0 Å². The SMILES string of the molecule is CC1(C)C(C(=O)NC[C@H]2[C@H]3CN(S(C)(=O)=O)C[C@]34CC[C@H]2O4)C1(C)C. The van der Waals surface area contributed by atoms with Crippen molar-refractivity contribution in [2.45, 2.75) is 52.2 Å². The van der Waals surface area contributed by atoms with Crippen molar-refractivity contribution in [2.24, 2.45) is 28.6 Å². The van der Waals surface area contributed by atoms with Gasteiger partial charge in [-0.2, -0.15) is 4.31 Å². The van der Waals surface area contributed by atoms with Gasteiger partial charge in [0.15, 0.2) is 0 Å². The number of amides is 1. The molecule has 3 heterocycles. The summed E-state index contributed by atoms with van der Waals surface area (Å²) in [5, 5.41) is 3.16. The standard InChI is InChI=1S/C18H30N2O4S/c1-16(2)14(17(16,3)4)15(21)19-8-11-12-9-20(25(5,22)23)10-18(12)7-6-13(11)24-18/h11-14H,6-10H2,1-5H3,(H,19,21)/t11-,12+,13+,18+/m0/s1. The van der Waals surface area contributed by atoms with Crippen LogP contribution >= 0.6 is 0 Å². The monoisotopic (exact) mass is 370 g/mol. The Balaban J connectivity index is 1.43. The number of fused-ring (bicyclic) bond motifs is 1. The van der Waals surface area contributed by atoms with E-state index in [1.165, 1.54) is 6.26 Å². The van der Waals surface area contributed by atoms with Crippen LogP contribution in [-0.2, 0) is 19.6 Å². The Bertz CT molecular complexity index is 703. The summed E-state index contributed by atoms with van der Waals surface area (Å²) in [5.74, 6) is 0.588. The topological polar surface area (TPSA) is 75.7 Å². The second-order valence-electron chi connectivity index (χ2n) is 9.71. The van der Waals surface area contributed by atoms with Crippen molar-refractivity contribution >= 4 is 15.9 Å². The van der Waals surface area contributed by atoms with Crippen molar-refractivity contribution in [1.29, 1.82) is 0 Å². The fourth-order valence-electron chi connectivity index (χ4n) is 5.85. The second-order valence-corrected chi connectivity index (χ2v) is 11.7. The molecule has 0 aromatic carbocycles. The minimum absolute atomic E-state index is 0.0317. The van der Waals surface area contributed by atoms with E-state index in [4.69, 9.17) is 4.74 Å². The lowest BCUT2D eigenvalue weighted by Gasteiger charge is -2.29. The maximum absolute atomic E-state index is 12.7. The summed E-state index contributed by atoms with van der Waals surface area (Å²) in [6, 6.07) is 0. The lowest BCUT2D eigenvalue weighted by molar-refractivity contribution is -0.123. The predicted octanol–water partition coefficient (Wildman–Crippen LogP) is 1.22. The summed E-state index contributed by atoms with van der Waals surface area (Å²) in [4.78, 5) is 12.7. The Hall–Kier alpha value is -0.660. The summed E-state index contributed by atoms with van der Waals surface area (Å²) >= 11 is 0. The van der Waals surface area contributed by atoms with Gasteiger partial charge >= 0.3 is 0 Å². The van der Waals surface area contributed by atoms with Crippen LogP contribution in [0.5, 0.6) is 0 Å². The quantitative estimate of drug-likeness (QED) is 0.807. The van der Waals surface area contributed by atoms with Gasteiger partial charge in [-0.1, -0.05) is 27.7 Å². The highest BCUT2D eigenvalue weighted by Gasteiger charge is 2.68. The van der Waals surface area contributed by atoms with Gasteiger partial charge in [-0.05, 0) is 23.7 Å². The van der Waals surface area contributed by atoms with E-state index in [9.17, 15) is 13.2 Å². The van der Waals surface area contributed by atoms with E-state index in [-0.39, 0.29) is 46.2 Å². The number of nitrogens with one attached hydrogen (secondary N) is 1. The Morgan fingerprint density at radius 2 is 1.88 bits per heavy atom. The van der Waals surface area contributed by atoms with Crippen molar-refractivity contribution < 1.29 is 17.9 Å². The second kappa shape index (κ2) is 4.98. The van der Waals surface area contributed by atoms with E-state index in [1.54, 1.807) is 4.31 Å².